The van der Waals surface area contributed by atoms with Gasteiger partial charge < -0.3 is 10.3 Å². The van der Waals surface area contributed by atoms with Gasteiger partial charge in [0.2, 0.25) is 0 Å². The van der Waals surface area contributed by atoms with Crippen LogP contribution in [0.2, 0.25) is 0 Å². The van der Waals surface area contributed by atoms with Crippen LogP contribution in [-0.4, -0.2) is 16.5 Å². The molecule has 1 saturated carbocycles. The first-order chi connectivity index (χ1) is 8.67. The highest BCUT2D eigenvalue weighted by atomic mass is 16.1. The van der Waals surface area contributed by atoms with Gasteiger partial charge in [-0.25, -0.2) is 4.98 Å². The summed E-state index contributed by atoms with van der Waals surface area (Å²) in [4.78, 5) is 18.5. The largest absolute Gasteiger partial charge is 0.370 e. The van der Waals surface area contributed by atoms with Crippen LogP contribution in [0.1, 0.15) is 45.4 Å². The van der Waals surface area contributed by atoms with Crippen LogP contribution < -0.4 is 10.9 Å². The molecular weight excluding hydrogens is 226 g/mol. The smallest absolute Gasteiger partial charge is 0.252 e. The molecule has 1 fully saturated rings. The SMILES string of the molecule is CCc1nc(NCC2CCC(C)CC2)cc(=O)[nH]1. The standard InChI is InChI=1S/C14H23N3O/c1-3-12-16-13(8-14(18)17-12)15-9-11-6-4-10(2)5-7-11/h8,10-11H,3-7,9H2,1-2H3,(H2,15,16,17,18). The number of aromatic amines is 1. The second-order valence-corrected chi connectivity index (χ2v) is 5.44. The molecule has 0 aromatic carbocycles. The fraction of sp³-hybridized carbons (Fsp3) is 0.714. The highest BCUT2D eigenvalue weighted by Crippen LogP contribution is 2.28. The number of hydrogen-bond acceptors (Lipinski definition) is 3. The van der Waals surface area contributed by atoms with E-state index in [2.05, 4.69) is 22.2 Å². The first-order valence-electron chi connectivity index (χ1n) is 7.01. The Labute approximate surface area is 108 Å². The van der Waals surface area contributed by atoms with Crippen LogP contribution in [0.15, 0.2) is 10.9 Å². The summed E-state index contributed by atoms with van der Waals surface area (Å²) in [6, 6.07) is 1.55. The van der Waals surface area contributed by atoms with Crippen LogP contribution in [0.25, 0.3) is 0 Å². The number of aryl methyl sites for hydroxylation is 1. The van der Waals surface area contributed by atoms with Gasteiger partial charge in [-0.15, -0.1) is 0 Å². The van der Waals surface area contributed by atoms with Crippen molar-refractivity contribution in [2.24, 2.45) is 11.8 Å². The van der Waals surface area contributed by atoms with E-state index in [1.165, 1.54) is 25.7 Å². The lowest BCUT2D eigenvalue weighted by molar-refractivity contribution is 0.300. The minimum absolute atomic E-state index is 0.0679. The molecule has 4 heteroatoms. The molecular formula is C14H23N3O. The van der Waals surface area contributed by atoms with Crippen molar-refractivity contribution in [2.45, 2.75) is 46.0 Å². The summed E-state index contributed by atoms with van der Waals surface area (Å²) in [5, 5.41) is 3.31. The lowest BCUT2D eigenvalue weighted by Gasteiger charge is -2.26. The zero-order valence-electron chi connectivity index (χ0n) is 11.3. The Morgan fingerprint density at radius 3 is 2.78 bits per heavy atom. The van der Waals surface area contributed by atoms with Crippen molar-refractivity contribution in [3.63, 3.8) is 0 Å². The maximum Gasteiger partial charge on any atom is 0.252 e. The van der Waals surface area contributed by atoms with Crippen molar-refractivity contribution in [1.29, 1.82) is 0 Å². The zero-order chi connectivity index (χ0) is 13.0. The van der Waals surface area contributed by atoms with Crippen molar-refractivity contribution >= 4 is 5.82 Å². The van der Waals surface area contributed by atoms with Gasteiger partial charge in [0.25, 0.3) is 5.56 Å². The van der Waals surface area contributed by atoms with E-state index in [1.54, 1.807) is 6.07 Å². The fourth-order valence-electron chi connectivity index (χ4n) is 2.55. The van der Waals surface area contributed by atoms with Gasteiger partial charge in [0.1, 0.15) is 11.6 Å². The summed E-state index contributed by atoms with van der Waals surface area (Å²) in [7, 11) is 0. The third kappa shape index (κ3) is 3.59. The van der Waals surface area contributed by atoms with E-state index < -0.39 is 0 Å². The quantitative estimate of drug-likeness (QED) is 0.862. The Kier molecular flexibility index (Phi) is 4.39. The maximum atomic E-state index is 11.4. The maximum absolute atomic E-state index is 11.4. The number of nitrogens with one attached hydrogen (secondary N) is 2. The van der Waals surface area contributed by atoms with Gasteiger partial charge in [-0.3, -0.25) is 4.79 Å². The highest BCUT2D eigenvalue weighted by Gasteiger charge is 2.17. The second-order valence-electron chi connectivity index (χ2n) is 5.44. The molecule has 2 N–H and O–H groups in total. The normalized spacial score (nSPS) is 23.9. The van der Waals surface area contributed by atoms with Gasteiger partial charge in [0.15, 0.2) is 0 Å². The van der Waals surface area contributed by atoms with E-state index in [1.807, 2.05) is 6.92 Å². The van der Waals surface area contributed by atoms with E-state index in [0.29, 0.717) is 5.82 Å². The summed E-state index contributed by atoms with van der Waals surface area (Å²) in [6.07, 6.45) is 5.99. The van der Waals surface area contributed by atoms with Gasteiger partial charge in [-0.1, -0.05) is 26.7 Å². The van der Waals surface area contributed by atoms with Crippen LogP contribution in [-0.2, 0) is 6.42 Å². The molecule has 18 heavy (non-hydrogen) atoms. The molecule has 0 unspecified atom stereocenters. The molecule has 1 aliphatic carbocycles. The van der Waals surface area contributed by atoms with Gasteiger partial charge in [-0.05, 0) is 24.7 Å². The van der Waals surface area contributed by atoms with E-state index in [4.69, 9.17) is 0 Å². The summed E-state index contributed by atoms with van der Waals surface area (Å²) in [5.74, 6) is 3.08. The van der Waals surface area contributed by atoms with Crippen molar-refractivity contribution in [1.82, 2.24) is 9.97 Å². The lowest BCUT2D eigenvalue weighted by Crippen LogP contribution is -2.22. The Bertz CT molecular complexity index is 433. The van der Waals surface area contributed by atoms with Crippen molar-refractivity contribution in [3.8, 4) is 0 Å². The molecule has 0 atom stereocenters. The molecule has 0 saturated heterocycles. The molecule has 4 nitrogen and oxygen atoms in total. The monoisotopic (exact) mass is 249 g/mol. The molecule has 0 aliphatic heterocycles. The minimum Gasteiger partial charge on any atom is -0.370 e. The molecule has 0 radical (unpaired) electrons. The summed E-state index contributed by atoms with van der Waals surface area (Å²) in [5.41, 5.74) is -0.0679. The third-order valence-corrected chi connectivity index (χ3v) is 3.83. The van der Waals surface area contributed by atoms with Crippen molar-refractivity contribution in [2.75, 3.05) is 11.9 Å². The molecule has 1 aromatic rings. The van der Waals surface area contributed by atoms with E-state index in [9.17, 15) is 4.79 Å². The molecule has 1 aliphatic rings. The van der Waals surface area contributed by atoms with Gasteiger partial charge in [0, 0.05) is 19.0 Å². The Balaban J connectivity index is 1.90. The van der Waals surface area contributed by atoms with E-state index in [0.717, 1.165) is 30.6 Å². The Morgan fingerprint density at radius 1 is 1.39 bits per heavy atom. The predicted molar refractivity (Wildman–Crippen MR) is 73.8 cm³/mol. The summed E-state index contributed by atoms with van der Waals surface area (Å²) in [6.45, 7) is 5.26. The molecule has 1 aromatic heterocycles. The Hall–Kier alpha value is -1.32. The third-order valence-electron chi connectivity index (χ3n) is 3.83. The van der Waals surface area contributed by atoms with Gasteiger partial charge in [-0.2, -0.15) is 0 Å². The summed E-state index contributed by atoms with van der Waals surface area (Å²) < 4.78 is 0. The molecule has 100 valence electrons. The number of nitrogens with zero attached hydrogens (tertiary/aromatic N) is 1. The van der Waals surface area contributed by atoms with Crippen LogP contribution in [0.4, 0.5) is 5.82 Å². The molecule has 0 spiro atoms. The first kappa shape index (κ1) is 13.1. The minimum atomic E-state index is -0.0679. The van der Waals surface area contributed by atoms with E-state index in [-0.39, 0.29) is 5.56 Å². The number of aromatic nitrogens is 2. The average Bonchev–Trinajstić information content (AvgIpc) is 2.37. The van der Waals surface area contributed by atoms with Crippen LogP contribution in [0.3, 0.4) is 0 Å². The average molecular weight is 249 g/mol. The number of hydrogen-bond donors (Lipinski definition) is 2. The molecule has 1 heterocycles. The molecule has 2 rings (SSSR count). The van der Waals surface area contributed by atoms with Crippen LogP contribution in [0, 0.1) is 11.8 Å². The zero-order valence-corrected chi connectivity index (χ0v) is 11.3. The van der Waals surface area contributed by atoms with Crippen molar-refractivity contribution < 1.29 is 0 Å². The fourth-order valence-corrected chi connectivity index (χ4v) is 2.55. The topological polar surface area (TPSA) is 57.8 Å². The lowest BCUT2D eigenvalue weighted by atomic mass is 9.83. The number of rotatable bonds is 4. The number of H-pyrrole nitrogens is 1. The van der Waals surface area contributed by atoms with Gasteiger partial charge in [0.05, 0.1) is 0 Å². The van der Waals surface area contributed by atoms with Crippen molar-refractivity contribution in [3.05, 3.63) is 22.2 Å². The highest BCUT2D eigenvalue weighted by molar-refractivity contribution is 5.32. The summed E-state index contributed by atoms with van der Waals surface area (Å²) >= 11 is 0. The first-order valence-corrected chi connectivity index (χ1v) is 7.01. The molecule has 0 bridgehead atoms. The molecule has 0 amide bonds. The second kappa shape index (κ2) is 6.03. The number of anilines is 1. The van der Waals surface area contributed by atoms with Crippen LogP contribution >= 0.6 is 0 Å². The Morgan fingerprint density at radius 2 is 2.11 bits per heavy atom. The van der Waals surface area contributed by atoms with Crippen LogP contribution in [0.5, 0.6) is 0 Å². The van der Waals surface area contributed by atoms with Gasteiger partial charge >= 0.3 is 0 Å². The predicted octanol–water partition coefficient (Wildman–Crippen LogP) is 2.57. The van der Waals surface area contributed by atoms with E-state index >= 15 is 0 Å².